The van der Waals surface area contributed by atoms with Gasteiger partial charge in [0.05, 0.1) is 0 Å². The number of hydrogen-bond acceptors (Lipinski definition) is 1. The van der Waals surface area contributed by atoms with Crippen LogP contribution in [0.4, 0.5) is 13.2 Å². The maximum Gasteiger partial charge on any atom is 0.408 e. The van der Waals surface area contributed by atoms with Crippen molar-refractivity contribution < 1.29 is 18.0 Å². The second-order valence-corrected chi connectivity index (χ2v) is 2.33. The summed E-state index contributed by atoms with van der Waals surface area (Å²) in [6, 6.07) is -1.88. The first kappa shape index (κ1) is 11.7. The Morgan fingerprint density at radius 2 is 2.00 bits per heavy atom. The van der Waals surface area contributed by atoms with E-state index >= 15 is 0 Å². The van der Waals surface area contributed by atoms with Gasteiger partial charge < -0.3 is 5.32 Å². The van der Waals surface area contributed by atoms with Crippen LogP contribution in [0.15, 0.2) is 25.3 Å². The molecule has 0 bridgehead atoms. The van der Waals surface area contributed by atoms with E-state index in [4.69, 9.17) is 0 Å². The monoisotopic (exact) mass is 193 g/mol. The van der Waals surface area contributed by atoms with E-state index in [0.717, 1.165) is 12.2 Å². The predicted molar refractivity (Wildman–Crippen MR) is 43.0 cm³/mol. The number of halogens is 3. The standard InChI is InChI=1S/C8H10F3NO/c1-3-5-6(8(9,10)11)12-7(13)4-2/h3-4,6H,1-2,5H2,(H,12,13). The molecule has 2 nitrogen and oxygen atoms in total. The topological polar surface area (TPSA) is 29.1 Å². The summed E-state index contributed by atoms with van der Waals surface area (Å²) in [5.41, 5.74) is 0. The fourth-order valence-corrected chi connectivity index (χ4v) is 0.672. The van der Waals surface area contributed by atoms with Crippen LogP contribution >= 0.6 is 0 Å². The fourth-order valence-electron chi connectivity index (χ4n) is 0.672. The first-order chi connectivity index (χ1) is 5.91. The van der Waals surface area contributed by atoms with Crippen LogP contribution in [0.25, 0.3) is 0 Å². The maximum absolute atomic E-state index is 12.1. The molecule has 1 amide bonds. The van der Waals surface area contributed by atoms with Crippen LogP contribution < -0.4 is 5.32 Å². The highest BCUT2D eigenvalue weighted by atomic mass is 19.4. The summed E-state index contributed by atoms with van der Waals surface area (Å²) in [7, 11) is 0. The van der Waals surface area contributed by atoms with Crippen LogP contribution in [-0.2, 0) is 4.79 Å². The van der Waals surface area contributed by atoms with Gasteiger partial charge in [-0.15, -0.1) is 6.58 Å². The zero-order valence-corrected chi connectivity index (χ0v) is 6.90. The summed E-state index contributed by atoms with van der Waals surface area (Å²) in [5.74, 6) is -0.843. The van der Waals surface area contributed by atoms with Crippen LogP contribution in [0.1, 0.15) is 6.42 Å². The maximum atomic E-state index is 12.1. The third kappa shape index (κ3) is 4.35. The lowest BCUT2D eigenvalue weighted by Gasteiger charge is -2.19. The second kappa shape index (κ2) is 4.69. The average molecular weight is 193 g/mol. The second-order valence-electron chi connectivity index (χ2n) is 2.33. The Balaban J connectivity index is 4.34. The van der Waals surface area contributed by atoms with Crippen LogP contribution in [0.5, 0.6) is 0 Å². The van der Waals surface area contributed by atoms with Crippen LogP contribution in [0.2, 0.25) is 0 Å². The van der Waals surface area contributed by atoms with Crippen molar-refractivity contribution in [3.63, 3.8) is 0 Å². The minimum Gasteiger partial charge on any atom is -0.341 e. The van der Waals surface area contributed by atoms with E-state index in [1.807, 2.05) is 0 Å². The molecule has 0 fully saturated rings. The van der Waals surface area contributed by atoms with E-state index in [1.165, 1.54) is 0 Å². The van der Waals surface area contributed by atoms with Crippen molar-refractivity contribution in [2.45, 2.75) is 18.6 Å². The van der Waals surface area contributed by atoms with Crippen molar-refractivity contribution in [2.75, 3.05) is 0 Å². The minimum absolute atomic E-state index is 0.344. The molecular formula is C8H10F3NO. The van der Waals surface area contributed by atoms with E-state index in [2.05, 4.69) is 13.2 Å². The van der Waals surface area contributed by atoms with Gasteiger partial charge in [-0.05, 0) is 12.5 Å². The van der Waals surface area contributed by atoms with E-state index in [0.29, 0.717) is 0 Å². The summed E-state index contributed by atoms with van der Waals surface area (Å²) < 4.78 is 36.3. The Labute approximate surface area is 74.1 Å². The van der Waals surface area contributed by atoms with Crippen LogP contribution in [-0.4, -0.2) is 18.1 Å². The van der Waals surface area contributed by atoms with Crippen LogP contribution in [0, 0.1) is 0 Å². The fraction of sp³-hybridized carbons (Fsp3) is 0.375. The van der Waals surface area contributed by atoms with Gasteiger partial charge in [0.2, 0.25) is 5.91 Å². The molecule has 0 aliphatic rings. The smallest absolute Gasteiger partial charge is 0.341 e. The van der Waals surface area contributed by atoms with Crippen molar-refractivity contribution in [2.24, 2.45) is 0 Å². The molecule has 1 unspecified atom stereocenters. The molecule has 1 N–H and O–H groups in total. The highest BCUT2D eigenvalue weighted by Gasteiger charge is 2.39. The van der Waals surface area contributed by atoms with Gasteiger partial charge in [-0.25, -0.2) is 0 Å². The number of nitrogens with one attached hydrogen (secondary N) is 1. The van der Waals surface area contributed by atoms with Crippen molar-refractivity contribution in [1.82, 2.24) is 5.32 Å². The molecule has 0 aliphatic heterocycles. The molecule has 0 saturated carbocycles. The molecule has 13 heavy (non-hydrogen) atoms. The van der Waals surface area contributed by atoms with Crippen molar-refractivity contribution >= 4 is 5.91 Å². The van der Waals surface area contributed by atoms with Gasteiger partial charge in [-0.1, -0.05) is 12.7 Å². The number of alkyl halides is 3. The van der Waals surface area contributed by atoms with Gasteiger partial charge >= 0.3 is 6.18 Å². The highest BCUT2D eigenvalue weighted by molar-refractivity contribution is 5.87. The predicted octanol–water partition coefficient (Wildman–Crippen LogP) is 1.80. The normalized spacial score (nSPS) is 13.2. The number of carbonyl (C=O) groups is 1. The highest BCUT2D eigenvalue weighted by Crippen LogP contribution is 2.22. The zero-order valence-electron chi connectivity index (χ0n) is 6.90. The Hall–Kier alpha value is -1.26. The molecule has 1 atom stereocenters. The number of hydrogen-bond donors (Lipinski definition) is 1. The van der Waals surface area contributed by atoms with Gasteiger partial charge in [0.25, 0.3) is 0 Å². The Kier molecular flexibility index (Phi) is 4.23. The lowest BCUT2D eigenvalue weighted by molar-refractivity contribution is -0.159. The SMILES string of the molecule is C=CCC(NC(=O)C=C)C(F)(F)F. The molecule has 0 radical (unpaired) electrons. The number of amides is 1. The third-order valence-electron chi connectivity index (χ3n) is 1.30. The van der Waals surface area contributed by atoms with Gasteiger partial charge in [0.15, 0.2) is 0 Å². The summed E-state index contributed by atoms with van der Waals surface area (Å²) >= 11 is 0. The Bertz CT molecular complexity index is 210. The van der Waals surface area contributed by atoms with E-state index in [1.54, 1.807) is 5.32 Å². The largest absolute Gasteiger partial charge is 0.408 e. The summed E-state index contributed by atoms with van der Waals surface area (Å²) in [6.45, 7) is 6.22. The zero-order chi connectivity index (χ0) is 10.5. The van der Waals surface area contributed by atoms with Crippen molar-refractivity contribution in [3.8, 4) is 0 Å². The Morgan fingerprint density at radius 3 is 2.31 bits per heavy atom. The molecule has 5 heteroatoms. The first-order valence-electron chi connectivity index (χ1n) is 3.52. The van der Waals surface area contributed by atoms with Crippen LogP contribution in [0.3, 0.4) is 0 Å². The molecule has 0 aromatic rings. The molecule has 0 aliphatic carbocycles. The van der Waals surface area contributed by atoms with E-state index in [-0.39, 0.29) is 6.42 Å². The number of carbonyl (C=O) groups excluding carboxylic acids is 1. The number of rotatable bonds is 4. The molecule has 0 aromatic heterocycles. The Morgan fingerprint density at radius 1 is 1.46 bits per heavy atom. The summed E-state index contributed by atoms with van der Waals surface area (Å²) in [4.78, 5) is 10.6. The molecule has 0 saturated heterocycles. The van der Waals surface area contributed by atoms with Crippen molar-refractivity contribution in [1.29, 1.82) is 0 Å². The molecule has 0 rings (SSSR count). The molecule has 0 spiro atoms. The molecular weight excluding hydrogens is 183 g/mol. The average Bonchev–Trinajstić information content (AvgIpc) is 2.01. The van der Waals surface area contributed by atoms with E-state index < -0.39 is 18.1 Å². The molecule has 0 aromatic carbocycles. The van der Waals surface area contributed by atoms with Gasteiger partial charge in [0, 0.05) is 0 Å². The van der Waals surface area contributed by atoms with Crippen molar-refractivity contribution in [3.05, 3.63) is 25.3 Å². The summed E-state index contributed by atoms with van der Waals surface area (Å²) in [6.07, 6.45) is -2.90. The first-order valence-corrected chi connectivity index (χ1v) is 3.52. The van der Waals surface area contributed by atoms with Gasteiger partial charge in [-0.3, -0.25) is 4.79 Å². The third-order valence-corrected chi connectivity index (χ3v) is 1.30. The molecule has 0 heterocycles. The van der Waals surface area contributed by atoms with E-state index in [9.17, 15) is 18.0 Å². The van der Waals surface area contributed by atoms with Gasteiger partial charge in [0.1, 0.15) is 6.04 Å². The quantitative estimate of drug-likeness (QED) is 0.535. The van der Waals surface area contributed by atoms with Gasteiger partial charge in [-0.2, -0.15) is 13.2 Å². The minimum atomic E-state index is -4.45. The summed E-state index contributed by atoms with van der Waals surface area (Å²) in [5, 5.41) is 1.75. The lowest BCUT2D eigenvalue weighted by atomic mass is 10.2. The lowest BCUT2D eigenvalue weighted by Crippen LogP contribution is -2.44. The molecule has 74 valence electrons.